The maximum Gasteiger partial charge on any atom is 0.335 e. The molecule has 0 spiro atoms. The molecule has 1 radical (unpaired) electrons. The van der Waals surface area contributed by atoms with Crippen molar-refractivity contribution >= 4 is 33.1 Å². The molecule has 0 atom stereocenters. The summed E-state index contributed by atoms with van der Waals surface area (Å²) in [5, 5.41) is 2.24. The summed E-state index contributed by atoms with van der Waals surface area (Å²) in [6, 6.07) is 3.88. The fraction of sp³-hybridized carbons (Fsp3) is 0.423. The van der Waals surface area contributed by atoms with Crippen LogP contribution < -0.4 is 16.2 Å². The summed E-state index contributed by atoms with van der Waals surface area (Å²) >= 11 is 1.29. The van der Waals surface area contributed by atoms with Crippen LogP contribution in [0.15, 0.2) is 32.7 Å². The van der Waals surface area contributed by atoms with Crippen molar-refractivity contribution in [2.24, 2.45) is 0 Å². The summed E-state index contributed by atoms with van der Waals surface area (Å²) in [6.07, 6.45) is 0.692. The second-order valence-electron chi connectivity index (χ2n) is 8.81. The van der Waals surface area contributed by atoms with E-state index in [-0.39, 0.29) is 50.8 Å². The number of nitrogens with zero attached hydrogens (tertiary/aromatic N) is 3. The number of aryl methyl sites for hydroxylation is 1. The molecule has 0 unspecified atom stereocenters. The van der Waals surface area contributed by atoms with Gasteiger partial charge in [0.15, 0.2) is 11.2 Å². The van der Waals surface area contributed by atoms with Gasteiger partial charge in [-0.2, -0.15) is 0 Å². The molecule has 0 saturated heterocycles. The van der Waals surface area contributed by atoms with Crippen LogP contribution in [-0.4, -0.2) is 41.7 Å². The zero-order chi connectivity index (χ0) is 24.6. The van der Waals surface area contributed by atoms with Gasteiger partial charge in [0.05, 0.1) is 12.2 Å². The summed E-state index contributed by atoms with van der Waals surface area (Å²) in [5.41, 5.74) is 6.85. The Bertz CT molecular complexity index is 1420. The van der Waals surface area contributed by atoms with E-state index in [0.29, 0.717) is 41.9 Å². The Morgan fingerprint density at radius 1 is 1.11 bits per heavy atom. The predicted molar refractivity (Wildman–Crippen MR) is 136 cm³/mol. The molecule has 1 aliphatic rings. The van der Waals surface area contributed by atoms with Gasteiger partial charge in [0.25, 0.3) is 0 Å². The molecule has 0 saturated carbocycles. The molecular formula is C26H30N3O4SY-. The minimum atomic E-state index is -0.528. The van der Waals surface area contributed by atoms with Crippen molar-refractivity contribution in [1.82, 2.24) is 14.5 Å². The summed E-state index contributed by atoms with van der Waals surface area (Å²) in [5.74, 6) is -0.305. The Morgan fingerprint density at radius 3 is 2.57 bits per heavy atom. The van der Waals surface area contributed by atoms with Crippen molar-refractivity contribution in [2.75, 3.05) is 26.2 Å². The first-order valence-electron chi connectivity index (χ1n) is 11.6. The number of thiophene rings is 1. The Morgan fingerprint density at radius 2 is 1.86 bits per heavy atom. The van der Waals surface area contributed by atoms with Crippen LogP contribution in [0.3, 0.4) is 0 Å². The molecule has 0 bridgehead atoms. The van der Waals surface area contributed by atoms with E-state index in [0.717, 1.165) is 17.7 Å². The summed E-state index contributed by atoms with van der Waals surface area (Å²) < 4.78 is 6.60. The predicted octanol–water partition coefficient (Wildman–Crippen LogP) is 3.33. The standard InChI is InChI=1S/C26H31N3O4S.Y/c1-6-33-25(31)22-14-28(9-7-19(22)21-13-15(2)16(3)17(4)18(21)5)10-11-29-24(30)20-8-12-34-23(20)27-26(29)32;/h8,12-13H,6-7,9-11,14H2,1-5H3,(H,27,30,32);/p-1. The van der Waals surface area contributed by atoms with Crippen molar-refractivity contribution in [2.45, 2.75) is 47.6 Å². The minimum absolute atomic E-state index is 0. The van der Waals surface area contributed by atoms with Crippen LogP contribution in [0.4, 0.5) is 0 Å². The van der Waals surface area contributed by atoms with Crippen LogP contribution in [-0.2, 0) is 48.8 Å². The van der Waals surface area contributed by atoms with E-state index >= 15 is 0 Å². The number of esters is 1. The molecule has 9 heteroatoms. The number of carbonyl (C=O) groups is 1. The van der Waals surface area contributed by atoms with Crippen LogP contribution in [0.25, 0.3) is 15.8 Å². The number of aromatic nitrogens is 2. The SMILES string of the molecule is CCOC(=O)C1=C(c2cc(C)c(C)c(C)c2C)CCN(CCn2c(=O)[n-]c3sccc3c2=O)C1.[Y]. The zero-order valence-electron chi connectivity index (χ0n) is 20.9. The van der Waals surface area contributed by atoms with Gasteiger partial charge < -0.3 is 14.3 Å². The molecule has 1 aromatic carbocycles. The molecule has 3 aromatic rings. The second-order valence-corrected chi connectivity index (χ2v) is 9.70. The Balaban J connectivity index is 0.00000342. The van der Waals surface area contributed by atoms with E-state index in [1.165, 1.54) is 38.2 Å². The molecule has 1 aliphatic heterocycles. The summed E-state index contributed by atoms with van der Waals surface area (Å²) in [6.45, 7) is 12.4. The van der Waals surface area contributed by atoms with Crippen molar-refractivity contribution < 1.29 is 42.2 Å². The number of fused-ring (bicyclic) bond motifs is 1. The summed E-state index contributed by atoms with van der Waals surface area (Å²) in [7, 11) is 0. The van der Waals surface area contributed by atoms with Gasteiger partial charge in [0, 0.05) is 56.0 Å². The first-order chi connectivity index (χ1) is 16.2. The van der Waals surface area contributed by atoms with Gasteiger partial charge in [-0.3, -0.25) is 14.5 Å². The van der Waals surface area contributed by atoms with Gasteiger partial charge in [-0.05, 0) is 99.0 Å². The zero-order valence-corrected chi connectivity index (χ0v) is 24.6. The number of ether oxygens (including phenoxy) is 1. The molecule has 3 heterocycles. The maximum absolute atomic E-state index is 13.0. The molecule has 0 amide bonds. The van der Waals surface area contributed by atoms with E-state index in [4.69, 9.17) is 4.74 Å². The van der Waals surface area contributed by atoms with E-state index in [2.05, 4.69) is 43.6 Å². The largest absolute Gasteiger partial charge is 0.463 e. The van der Waals surface area contributed by atoms with E-state index in [1.54, 1.807) is 18.4 Å². The van der Waals surface area contributed by atoms with Gasteiger partial charge in [0.1, 0.15) is 0 Å². The molecule has 7 nitrogen and oxygen atoms in total. The Hall–Kier alpha value is -1.87. The van der Waals surface area contributed by atoms with E-state index in [9.17, 15) is 14.4 Å². The van der Waals surface area contributed by atoms with Crippen molar-refractivity contribution in [3.05, 3.63) is 71.7 Å². The van der Waals surface area contributed by atoms with E-state index in [1.807, 2.05) is 0 Å². The molecule has 35 heavy (non-hydrogen) atoms. The first kappa shape index (κ1) is 27.7. The smallest absolute Gasteiger partial charge is 0.335 e. The monoisotopic (exact) mass is 569 g/mol. The van der Waals surface area contributed by atoms with E-state index < -0.39 is 5.69 Å². The normalized spacial score (nSPS) is 14.3. The van der Waals surface area contributed by atoms with Crippen LogP contribution in [0.1, 0.15) is 41.2 Å². The van der Waals surface area contributed by atoms with Crippen molar-refractivity contribution in [3.8, 4) is 0 Å². The van der Waals surface area contributed by atoms with Gasteiger partial charge in [-0.25, -0.2) is 4.79 Å². The van der Waals surface area contributed by atoms with Gasteiger partial charge >= 0.3 is 5.97 Å². The molecule has 2 aromatic heterocycles. The van der Waals surface area contributed by atoms with Crippen LogP contribution in [0, 0.1) is 27.7 Å². The van der Waals surface area contributed by atoms with Crippen molar-refractivity contribution in [3.63, 3.8) is 0 Å². The third kappa shape index (κ3) is 5.46. The van der Waals surface area contributed by atoms with Gasteiger partial charge in [-0.1, -0.05) is 6.07 Å². The van der Waals surface area contributed by atoms with Crippen LogP contribution >= 0.6 is 11.3 Å². The number of hydrogen-bond donors (Lipinski definition) is 0. The Kier molecular flexibility index (Phi) is 9.08. The molecule has 0 aliphatic carbocycles. The van der Waals surface area contributed by atoms with Crippen molar-refractivity contribution in [1.29, 1.82) is 0 Å². The first-order valence-corrected chi connectivity index (χ1v) is 12.4. The van der Waals surface area contributed by atoms with Gasteiger partial charge in [0.2, 0.25) is 0 Å². The topological polar surface area (TPSA) is 82.7 Å². The fourth-order valence-corrected chi connectivity index (χ4v) is 5.35. The number of benzene rings is 1. The van der Waals surface area contributed by atoms with Gasteiger partial charge in [-0.15, -0.1) is 11.3 Å². The third-order valence-corrected chi connectivity index (χ3v) is 7.75. The molecule has 0 N–H and O–H groups in total. The molecule has 0 fully saturated rings. The van der Waals surface area contributed by atoms with Crippen LogP contribution in [0.5, 0.6) is 0 Å². The average Bonchev–Trinajstić information content (AvgIpc) is 3.28. The molecule has 183 valence electrons. The Labute approximate surface area is 234 Å². The third-order valence-electron chi connectivity index (χ3n) is 6.94. The number of rotatable bonds is 6. The molecular weight excluding hydrogens is 539 g/mol. The van der Waals surface area contributed by atoms with Crippen LogP contribution in [0.2, 0.25) is 0 Å². The molecule has 4 rings (SSSR count). The quantitative estimate of drug-likeness (QED) is 0.424. The fourth-order valence-electron chi connectivity index (χ4n) is 4.61. The maximum atomic E-state index is 13.0. The average molecular weight is 570 g/mol. The minimum Gasteiger partial charge on any atom is -0.463 e. The number of hydrogen-bond acceptors (Lipinski definition) is 6. The summed E-state index contributed by atoms with van der Waals surface area (Å²) in [4.78, 5) is 44.7. The second kappa shape index (κ2) is 11.5. The number of carbonyl (C=O) groups excluding carboxylic acids is 1.